The van der Waals surface area contributed by atoms with Crippen LogP contribution in [0.25, 0.3) is 0 Å². The molecule has 4 nitrogen and oxygen atoms in total. The molecule has 1 atom stereocenters. The fourth-order valence-corrected chi connectivity index (χ4v) is 1.35. The first kappa shape index (κ1) is 9.53. The summed E-state index contributed by atoms with van der Waals surface area (Å²) in [6, 6.07) is 11.3. The molecule has 1 saturated heterocycles. The van der Waals surface area contributed by atoms with E-state index in [1.54, 1.807) is 0 Å². The Morgan fingerprint density at radius 2 is 2.27 bits per heavy atom. The first-order valence-electron chi connectivity index (χ1n) is 4.79. The van der Waals surface area contributed by atoms with E-state index in [0.29, 0.717) is 13.1 Å². The first-order valence-corrected chi connectivity index (χ1v) is 4.79. The number of rotatable bonds is 2. The normalized spacial score (nSPS) is 18.1. The lowest BCUT2D eigenvalue weighted by molar-refractivity contribution is 0.228. The van der Waals surface area contributed by atoms with Crippen molar-refractivity contribution in [2.75, 3.05) is 6.54 Å². The molecule has 76 valence electrons. The van der Waals surface area contributed by atoms with Crippen LogP contribution in [0.15, 0.2) is 30.3 Å². The van der Waals surface area contributed by atoms with E-state index in [-0.39, 0.29) is 12.1 Å². The number of nitriles is 1. The Kier molecular flexibility index (Phi) is 2.55. The summed E-state index contributed by atoms with van der Waals surface area (Å²) in [6.45, 7) is 1.06. The highest BCUT2D eigenvalue weighted by Gasteiger charge is 2.38. The average Bonchev–Trinajstić information content (AvgIpc) is 3.06. The van der Waals surface area contributed by atoms with Crippen molar-refractivity contribution in [1.29, 1.82) is 5.26 Å². The third-order valence-electron chi connectivity index (χ3n) is 2.31. The van der Waals surface area contributed by atoms with Crippen molar-refractivity contribution < 1.29 is 4.79 Å². The Hall–Kier alpha value is -2.02. The van der Waals surface area contributed by atoms with Crippen LogP contribution in [0.3, 0.4) is 0 Å². The maximum absolute atomic E-state index is 11.4. The Morgan fingerprint density at radius 1 is 1.53 bits per heavy atom. The molecule has 0 spiro atoms. The van der Waals surface area contributed by atoms with E-state index in [1.807, 2.05) is 36.4 Å². The van der Waals surface area contributed by atoms with Gasteiger partial charge in [-0.2, -0.15) is 5.26 Å². The fourth-order valence-electron chi connectivity index (χ4n) is 1.35. The molecule has 0 saturated carbocycles. The van der Waals surface area contributed by atoms with Gasteiger partial charge in [-0.25, -0.2) is 4.79 Å². The topological polar surface area (TPSA) is 55.9 Å². The Balaban J connectivity index is 1.80. The number of urea groups is 1. The predicted molar refractivity (Wildman–Crippen MR) is 54.8 cm³/mol. The molecule has 0 radical (unpaired) electrons. The molecular formula is C11H11N3O. The van der Waals surface area contributed by atoms with Crippen LogP contribution >= 0.6 is 0 Å². The first-order chi connectivity index (χ1) is 7.31. The molecule has 1 N–H and O–H groups in total. The zero-order valence-corrected chi connectivity index (χ0v) is 8.18. The minimum Gasteiger partial charge on any atom is -0.334 e. The minimum atomic E-state index is -0.222. The number of benzene rings is 1. The van der Waals surface area contributed by atoms with Gasteiger partial charge in [0.15, 0.2) is 0 Å². The third kappa shape index (κ3) is 2.26. The van der Waals surface area contributed by atoms with E-state index in [1.165, 1.54) is 4.90 Å². The van der Waals surface area contributed by atoms with Crippen molar-refractivity contribution in [3.8, 4) is 6.07 Å². The molecule has 1 aromatic rings. The van der Waals surface area contributed by atoms with Gasteiger partial charge in [-0.15, -0.1) is 0 Å². The predicted octanol–water partition coefficient (Wildman–Crippen LogP) is 1.10. The lowest BCUT2D eigenvalue weighted by Gasteiger charge is -2.05. The van der Waals surface area contributed by atoms with Gasteiger partial charge in [-0.1, -0.05) is 30.3 Å². The van der Waals surface area contributed by atoms with Crippen LogP contribution in [0.4, 0.5) is 4.79 Å². The van der Waals surface area contributed by atoms with Crippen LogP contribution in [0.1, 0.15) is 5.56 Å². The molecular weight excluding hydrogens is 190 g/mol. The van der Waals surface area contributed by atoms with Crippen LogP contribution in [-0.4, -0.2) is 23.5 Å². The molecule has 1 aliphatic rings. The number of nitrogens with zero attached hydrogens (tertiary/aromatic N) is 2. The van der Waals surface area contributed by atoms with Gasteiger partial charge < -0.3 is 10.2 Å². The van der Waals surface area contributed by atoms with Crippen LogP contribution < -0.4 is 5.32 Å². The lowest BCUT2D eigenvalue weighted by Crippen LogP contribution is -2.28. The maximum Gasteiger partial charge on any atom is 0.318 e. The summed E-state index contributed by atoms with van der Waals surface area (Å²) in [7, 11) is 0. The van der Waals surface area contributed by atoms with Crippen molar-refractivity contribution in [1.82, 2.24) is 10.2 Å². The van der Waals surface area contributed by atoms with Crippen molar-refractivity contribution in [2.45, 2.75) is 12.6 Å². The number of hydrogen-bond donors (Lipinski definition) is 1. The quantitative estimate of drug-likeness (QED) is 0.728. The minimum absolute atomic E-state index is 0.162. The van der Waals surface area contributed by atoms with Gasteiger partial charge >= 0.3 is 6.03 Å². The van der Waals surface area contributed by atoms with Gasteiger partial charge in [0, 0.05) is 6.54 Å². The van der Waals surface area contributed by atoms with Gasteiger partial charge in [0.1, 0.15) is 6.04 Å². The SMILES string of the molecule is N#C[C@H]1CN1C(=O)NCc1ccccc1. The van der Waals surface area contributed by atoms with Gasteiger partial charge in [-0.05, 0) is 5.56 Å². The molecule has 15 heavy (non-hydrogen) atoms. The molecule has 4 heteroatoms. The van der Waals surface area contributed by atoms with E-state index >= 15 is 0 Å². The van der Waals surface area contributed by atoms with Crippen LogP contribution in [0.5, 0.6) is 0 Å². The number of carbonyl (C=O) groups excluding carboxylic acids is 1. The Labute approximate surface area is 88.1 Å². The summed E-state index contributed by atoms with van der Waals surface area (Å²) < 4.78 is 0. The summed E-state index contributed by atoms with van der Waals surface area (Å²) in [6.07, 6.45) is 0. The largest absolute Gasteiger partial charge is 0.334 e. The van der Waals surface area contributed by atoms with Crippen molar-refractivity contribution in [2.24, 2.45) is 0 Å². The molecule has 0 unspecified atom stereocenters. The zero-order chi connectivity index (χ0) is 10.7. The second-order valence-corrected chi connectivity index (χ2v) is 3.44. The highest BCUT2D eigenvalue weighted by Crippen LogP contribution is 2.15. The zero-order valence-electron chi connectivity index (χ0n) is 8.18. The van der Waals surface area contributed by atoms with Crippen molar-refractivity contribution in [3.05, 3.63) is 35.9 Å². The van der Waals surface area contributed by atoms with E-state index in [0.717, 1.165) is 5.56 Å². The van der Waals surface area contributed by atoms with E-state index in [9.17, 15) is 4.79 Å². The Morgan fingerprint density at radius 3 is 2.87 bits per heavy atom. The number of nitrogens with one attached hydrogen (secondary N) is 1. The van der Waals surface area contributed by atoms with Gasteiger partial charge in [0.2, 0.25) is 0 Å². The standard InChI is InChI=1S/C11H11N3O/c12-6-10-8-14(10)11(15)13-7-9-4-2-1-3-5-9/h1-5,10H,7-8H2,(H,13,15)/t10-,14?/m0/s1. The molecule has 1 fully saturated rings. The molecule has 0 bridgehead atoms. The van der Waals surface area contributed by atoms with Gasteiger partial charge in [0.25, 0.3) is 0 Å². The number of hydrogen-bond acceptors (Lipinski definition) is 2. The summed E-state index contributed by atoms with van der Waals surface area (Å²) >= 11 is 0. The van der Waals surface area contributed by atoms with Crippen molar-refractivity contribution in [3.63, 3.8) is 0 Å². The smallest absolute Gasteiger partial charge is 0.318 e. The molecule has 0 aliphatic carbocycles. The molecule has 1 aromatic carbocycles. The molecule has 1 heterocycles. The average molecular weight is 201 g/mol. The van der Waals surface area contributed by atoms with Gasteiger partial charge in [-0.3, -0.25) is 0 Å². The van der Waals surface area contributed by atoms with E-state index < -0.39 is 0 Å². The maximum atomic E-state index is 11.4. The summed E-state index contributed by atoms with van der Waals surface area (Å²) in [5, 5.41) is 11.3. The molecule has 2 amide bonds. The molecule has 1 aliphatic heterocycles. The van der Waals surface area contributed by atoms with Gasteiger partial charge in [0.05, 0.1) is 12.6 Å². The van der Waals surface area contributed by atoms with E-state index in [2.05, 4.69) is 5.32 Å². The number of amides is 2. The second kappa shape index (κ2) is 4.01. The summed E-state index contributed by atoms with van der Waals surface area (Å²) in [5.74, 6) is 0. The number of carbonyl (C=O) groups is 1. The summed E-state index contributed by atoms with van der Waals surface area (Å²) in [4.78, 5) is 12.9. The van der Waals surface area contributed by atoms with Crippen LogP contribution in [0, 0.1) is 11.3 Å². The highest BCUT2D eigenvalue weighted by molar-refractivity contribution is 5.77. The second-order valence-electron chi connectivity index (χ2n) is 3.44. The van der Waals surface area contributed by atoms with Crippen LogP contribution in [-0.2, 0) is 6.54 Å². The monoisotopic (exact) mass is 201 g/mol. The lowest BCUT2D eigenvalue weighted by atomic mass is 10.2. The highest BCUT2D eigenvalue weighted by atomic mass is 16.2. The van der Waals surface area contributed by atoms with Crippen LogP contribution in [0.2, 0.25) is 0 Å². The van der Waals surface area contributed by atoms with E-state index in [4.69, 9.17) is 5.26 Å². The third-order valence-corrected chi connectivity index (χ3v) is 2.31. The fraction of sp³-hybridized carbons (Fsp3) is 0.273. The Bertz CT molecular complexity index is 396. The van der Waals surface area contributed by atoms with Crippen molar-refractivity contribution >= 4 is 6.03 Å². The summed E-state index contributed by atoms with van der Waals surface area (Å²) in [5.41, 5.74) is 1.06. The molecule has 2 rings (SSSR count). The molecule has 0 aromatic heterocycles.